The second-order valence-corrected chi connectivity index (χ2v) is 8.70. The van der Waals surface area contributed by atoms with Gasteiger partial charge in [0.05, 0.1) is 18.3 Å². The van der Waals surface area contributed by atoms with Crippen LogP contribution in [-0.4, -0.2) is 24.9 Å². The van der Waals surface area contributed by atoms with E-state index in [1.165, 1.54) is 44.9 Å². The van der Waals surface area contributed by atoms with E-state index in [-0.39, 0.29) is 0 Å². The Morgan fingerprint density at radius 2 is 1.50 bits per heavy atom. The fraction of sp³-hybridized carbons (Fsp3) is 1.00. The van der Waals surface area contributed by atoms with Crippen LogP contribution in [0.1, 0.15) is 86.5 Å². The van der Waals surface area contributed by atoms with E-state index < -0.39 is 0 Å². The minimum Gasteiger partial charge on any atom is -0.378 e. The van der Waals surface area contributed by atoms with E-state index in [2.05, 4.69) is 27.7 Å². The van der Waals surface area contributed by atoms with E-state index in [9.17, 15) is 0 Å². The number of rotatable bonds is 3. The van der Waals surface area contributed by atoms with E-state index >= 15 is 0 Å². The van der Waals surface area contributed by atoms with Crippen molar-refractivity contribution < 1.29 is 9.47 Å². The second kappa shape index (κ2) is 9.57. The van der Waals surface area contributed by atoms with Gasteiger partial charge in [-0.2, -0.15) is 0 Å². The Kier molecular flexibility index (Phi) is 8.07. The first kappa shape index (κ1) is 20.2. The summed E-state index contributed by atoms with van der Waals surface area (Å²) in [7, 11) is 0. The van der Waals surface area contributed by atoms with Crippen LogP contribution in [0.4, 0.5) is 0 Å². The zero-order chi connectivity index (χ0) is 17.7. The number of fused-ring (bicyclic) bond motifs is 1. The molecule has 1 saturated heterocycles. The fourth-order valence-corrected chi connectivity index (χ4v) is 4.99. The summed E-state index contributed by atoms with van der Waals surface area (Å²) in [4.78, 5) is 0. The summed E-state index contributed by atoms with van der Waals surface area (Å²) in [5, 5.41) is 0. The lowest BCUT2D eigenvalue weighted by Crippen LogP contribution is -2.49. The maximum Gasteiger partial charge on any atom is 0.0636 e. The molecule has 2 aliphatic carbocycles. The first-order valence-corrected chi connectivity index (χ1v) is 10.8. The van der Waals surface area contributed by atoms with Crippen molar-refractivity contribution in [3.63, 3.8) is 0 Å². The molecule has 3 aliphatic rings. The first-order valence-electron chi connectivity index (χ1n) is 10.8. The minimum atomic E-state index is 0.456. The van der Waals surface area contributed by atoms with Gasteiger partial charge in [0.25, 0.3) is 0 Å². The molecular weight excluding hydrogens is 296 g/mol. The van der Waals surface area contributed by atoms with Crippen LogP contribution in [0.25, 0.3) is 0 Å². The molecule has 1 aliphatic heterocycles. The monoisotopic (exact) mass is 338 g/mol. The zero-order valence-corrected chi connectivity index (χ0v) is 17.1. The van der Waals surface area contributed by atoms with Crippen LogP contribution >= 0.6 is 0 Å². The van der Waals surface area contributed by atoms with Crippen LogP contribution in [-0.2, 0) is 9.47 Å². The van der Waals surface area contributed by atoms with Crippen molar-refractivity contribution >= 4 is 0 Å². The molecule has 6 unspecified atom stereocenters. The van der Waals surface area contributed by atoms with Gasteiger partial charge in [-0.15, -0.1) is 0 Å². The van der Waals surface area contributed by atoms with Gasteiger partial charge in [-0.05, 0) is 68.6 Å². The van der Waals surface area contributed by atoms with Crippen LogP contribution in [0.3, 0.4) is 0 Å². The molecule has 0 spiro atoms. The average Bonchev–Trinajstić information content (AvgIpc) is 2.60. The van der Waals surface area contributed by atoms with E-state index in [0.717, 1.165) is 24.4 Å². The third-order valence-electron chi connectivity index (χ3n) is 6.95. The molecule has 6 atom stereocenters. The van der Waals surface area contributed by atoms with Gasteiger partial charge < -0.3 is 9.47 Å². The molecule has 3 rings (SSSR count). The summed E-state index contributed by atoms with van der Waals surface area (Å²) in [6, 6.07) is 0. The van der Waals surface area contributed by atoms with Crippen molar-refractivity contribution in [2.24, 2.45) is 29.6 Å². The molecule has 142 valence electrons. The van der Waals surface area contributed by atoms with Crippen LogP contribution in [0.15, 0.2) is 0 Å². The van der Waals surface area contributed by atoms with Crippen molar-refractivity contribution in [1.29, 1.82) is 0 Å². The van der Waals surface area contributed by atoms with Crippen molar-refractivity contribution in [3.8, 4) is 0 Å². The summed E-state index contributed by atoms with van der Waals surface area (Å²) in [6.45, 7) is 14.4. The third kappa shape index (κ3) is 4.97. The molecular formula is C22H42O2. The smallest absolute Gasteiger partial charge is 0.0636 e. The van der Waals surface area contributed by atoms with Gasteiger partial charge in [-0.3, -0.25) is 0 Å². The Hall–Kier alpha value is -0.0800. The molecule has 2 saturated carbocycles. The number of hydrogen-bond acceptors (Lipinski definition) is 2. The lowest BCUT2D eigenvalue weighted by atomic mass is 9.69. The highest BCUT2D eigenvalue weighted by Gasteiger charge is 2.44. The molecule has 0 amide bonds. The summed E-state index contributed by atoms with van der Waals surface area (Å²) in [5.41, 5.74) is 0. The molecule has 0 aromatic rings. The van der Waals surface area contributed by atoms with Crippen LogP contribution in [0, 0.1) is 29.6 Å². The highest BCUT2D eigenvalue weighted by molar-refractivity contribution is 4.93. The highest BCUT2D eigenvalue weighted by Crippen LogP contribution is 2.43. The minimum absolute atomic E-state index is 0.456. The molecule has 2 heteroatoms. The predicted molar refractivity (Wildman–Crippen MR) is 102 cm³/mol. The third-order valence-corrected chi connectivity index (χ3v) is 6.95. The van der Waals surface area contributed by atoms with Crippen molar-refractivity contribution in [1.82, 2.24) is 0 Å². The highest BCUT2D eigenvalue weighted by atomic mass is 16.5. The lowest BCUT2D eigenvalue weighted by Gasteiger charge is -2.48. The normalized spacial score (nSPS) is 45.8. The molecule has 0 N–H and O–H groups in total. The van der Waals surface area contributed by atoms with E-state index in [1.54, 1.807) is 0 Å². The Balaban J connectivity index is 0.00000100. The number of hydrogen-bond donors (Lipinski definition) is 0. The molecule has 0 radical (unpaired) electrons. The second-order valence-electron chi connectivity index (χ2n) is 8.70. The van der Waals surface area contributed by atoms with Crippen molar-refractivity contribution in [2.75, 3.05) is 6.61 Å². The lowest BCUT2D eigenvalue weighted by molar-refractivity contribution is -0.166. The maximum atomic E-state index is 6.46. The first-order chi connectivity index (χ1) is 11.5. The summed E-state index contributed by atoms with van der Waals surface area (Å²) in [5.74, 6) is 3.76. The zero-order valence-electron chi connectivity index (χ0n) is 17.1. The van der Waals surface area contributed by atoms with Crippen LogP contribution < -0.4 is 0 Å². The van der Waals surface area contributed by atoms with Crippen molar-refractivity contribution in [2.45, 2.75) is 105 Å². The van der Waals surface area contributed by atoms with Crippen LogP contribution in [0.5, 0.6) is 0 Å². The largest absolute Gasteiger partial charge is 0.378 e. The number of ether oxygens (including phenoxy) is 2. The molecule has 1 heterocycles. The summed E-state index contributed by atoms with van der Waals surface area (Å²) >= 11 is 0. The van der Waals surface area contributed by atoms with Gasteiger partial charge in [0.1, 0.15) is 0 Å². The van der Waals surface area contributed by atoms with E-state index in [4.69, 9.17) is 9.47 Å². The summed E-state index contributed by atoms with van der Waals surface area (Å²) < 4.78 is 12.7. The molecule has 2 nitrogen and oxygen atoms in total. The molecule has 0 bridgehead atoms. The standard InChI is InChI=1S/C20H36O2.C2H6/c1-13-5-8-17(9-6-13)12-21-19-11-18-10-7-14(2)22-20(18)16(4)15(19)3;1-2/h13-20H,5-12H2,1-4H3;1-2H3. The van der Waals surface area contributed by atoms with Gasteiger partial charge in [-0.1, -0.05) is 47.5 Å². The Morgan fingerprint density at radius 3 is 2.17 bits per heavy atom. The quantitative estimate of drug-likeness (QED) is 0.620. The predicted octanol–water partition coefficient (Wildman–Crippen LogP) is 6.08. The van der Waals surface area contributed by atoms with Gasteiger partial charge >= 0.3 is 0 Å². The Bertz CT molecular complexity index is 346. The summed E-state index contributed by atoms with van der Waals surface area (Å²) in [6.07, 6.45) is 10.8. The van der Waals surface area contributed by atoms with Gasteiger partial charge in [-0.25, -0.2) is 0 Å². The molecule has 3 fully saturated rings. The molecule has 24 heavy (non-hydrogen) atoms. The van der Waals surface area contributed by atoms with Gasteiger partial charge in [0, 0.05) is 6.61 Å². The van der Waals surface area contributed by atoms with Gasteiger partial charge in [0.15, 0.2) is 0 Å². The SMILES string of the molecule is CC.CC1CCC(COC2CC3CCC(C)OC3C(C)C2C)CC1. The Morgan fingerprint density at radius 1 is 0.833 bits per heavy atom. The van der Waals surface area contributed by atoms with Crippen LogP contribution in [0.2, 0.25) is 0 Å². The molecule has 0 aromatic heterocycles. The average molecular weight is 339 g/mol. The Labute approximate surface area is 151 Å². The van der Waals surface area contributed by atoms with E-state index in [0.29, 0.717) is 30.1 Å². The van der Waals surface area contributed by atoms with E-state index in [1.807, 2.05) is 13.8 Å². The fourth-order valence-electron chi connectivity index (χ4n) is 4.99. The maximum absolute atomic E-state index is 6.46. The molecule has 0 aromatic carbocycles. The van der Waals surface area contributed by atoms with Crippen molar-refractivity contribution in [3.05, 3.63) is 0 Å². The topological polar surface area (TPSA) is 18.5 Å². The van der Waals surface area contributed by atoms with Gasteiger partial charge in [0.2, 0.25) is 0 Å².